The van der Waals surface area contributed by atoms with E-state index in [4.69, 9.17) is 51.1 Å². The molecule has 10 heteroatoms. The van der Waals surface area contributed by atoms with Crippen LogP contribution >= 0.6 is 46.4 Å². The second-order valence-corrected chi connectivity index (χ2v) is 8.44. The summed E-state index contributed by atoms with van der Waals surface area (Å²) in [6.45, 7) is 3.93. The molecule has 0 fully saturated rings. The fraction of sp³-hybridized carbons (Fsp3) is 0.300. The van der Waals surface area contributed by atoms with Crippen LogP contribution in [0, 0.1) is 0 Å². The van der Waals surface area contributed by atoms with Gasteiger partial charge in [0, 0.05) is 6.54 Å². The normalized spacial score (nSPS) is 18.9. The molecule has 0 saturated carbocycles. The zero-order chi connectivity index (χ0) is 21.3. The number of hydrogen-bond acceptors (Lipinski definition) is 6. The van der Waals surface area contributed by atoms with Gasteiger partial charge >= 0.3 is 0 Å². The minimum atomic E-state index is -0.287. The van der Waals surface area contributed by atoms with Gasteiger partial charge in [-0.2, -0.15) is 0 Å². The van der Waals surface area contributed by atoms with Crippen molar-refractivity contribution >= 4 is 63.9 Å². The molecule has 6 nitrogen and oxygen atoms in total. The average Bonchev–Trinajstić information content (AvgIpc) is 3.40. The van der Waals surface area contributed by atoms with Crippen LogP contribution in [-0.4, -0.2) is 37.5 Å². The van der Waals surface area contributed by atoms with Crippen molar-refractivity contribution < 1.29 is 4.74 Å². The molecule has 0 aromatic heterocycles. The van der Waals surface area contributed by atoms with Crippen molar-refractivity contribution in [2.75, 3.05) is 25.0 Å². The van der Waals surface area contributed by atoms with Crippen molar-refractivity contribution in [3.05, 3.63) is 56.0 Å². The highest BCUT2D eigenvalue weighted by Gasteiger charge is 2.26. The van der Waals surface area contributed by atoms with E-state index in [1.165, 1.54) is 0 Å². The van der Waals surface area contributed by atoms with Crippen LogP contribution in [-0.2, 0) is 0 Å². The first-order valence-electron chi connectivity index (χ1n) is 9.39. The van der Waals surface area contributed by atoms with Crippen LogP contribution in [0.4, 0.5) is 5.69 Å². The third-order valence-corrected chi connectivity index (χ3v) is 6.10. The van der Waals surface area contributed by atoms with E-state index in [1.807, 2.05) is 13.0 Å². The van der Waals surface area contributed by atoms with Gasteiger partial charge in [0.1, 0.15) is 5.84 Å². The standard InChI is InChI=1S/C20H19Cl4N5O/c1-10(19-25-7-8-26-19)30-18-14(23)6-5-11(16(18)24)15-9-27-20(28-15)29-17-12(21)3-2-4-13(17)22/h2-6,10,15H,7-9H2,1H3,(H,25,26)(H2,27,28,29). The van der Waals surface area contributed by atoms with Crippen molar-refractivity contribution in [1.82, 2.24) is 10.6 Å². The second-order valence-electron chi connectivity index (χ2n) is 6.84. The van der Waals surface area contributed by atoms with Crippen molar-refractivity contribution in [2.24, 2.45) is 9.98 Å². The van der Waals surface area contributed by atoms with Crippen molar-refractivity contribution in [3.8, 4) is 5.75 Å². The van der Waals surface area contributed by atoms with E-state index in [1.54, 1.807) is 24.3 Å². The highest BCUT2D eigenvalue weighted by molar-refractivity contribution is 6.40. The minimum absolute atomic E-state index is 0.155. The molecule has 2 atom stereocenters. The van der Waals surface area contributed by atoms with Gasteiger partial charge in [-0.1, -0.05) is 58.5 Å². The molecule has 30 heavy (non-hydrogen) atoms. The van der Waals surface area contributed by atoms with Crippen LogP contribution < -0.4 is 20.7 Å². The van der Waals surface area contributed by atoms with Crippen molar-refractivity contribution in [3.63, 3.8) is 0 Å². The molecule has 4 rings (SSSR count). The van der Waals surface area contributed by atoms with Crippen LogP contribution in [0.15, 0.2) is 40.3 Å². The molecule has 2 heterocycles. The molecule has 3 N–H and O–H groups in total. The van der Waals surface area contributed by atoms with Gasteiger partial charge in [-0.3, -0.25) is 9.98 Å². The van der Waals surface area contributed by atoms with Crippen molar-refractivity contribution in [1.29, 1.82) is 0 Å². The Morgan fingerprint density at radius 2 is 1.83 bits per heavy atom. The Morgan fingerprint density at radius 3 is 2.53 bits per heavy atom. The van der Waals surface area contributed by atoms with Gasteiger partial charge < -0.3 is 20.7 Å². The molecule has 0 radical (unpaired) electrons. The SMILES string of the molecule is CC(Oc1c(Cl)ccc(C2CN=C(Nc3c(Cl)cccc3Cl)N2)c1Cl)C1=NCCN1. The smallest absolute Gasteiger partial charge is 0.196 e. The Kier molecular flexibility index (Phi) is 6.48. The molecule has 0 amide bonds. The Bertz CT molecular complexity index is 1010. The molecule has 0 saturated heterocycles. The summed E-state index contributed by atoms with van der Waals surface area (Å²) in [5.74, 6) is 1.77. The van der Waals surface area contributed by atoms with E-state index in [0.717, 1.165) is 24.5 Å². The number of para-hydroxylation sites is 1. The summed E-state index contributed by atoms with van der Waals surface area (Å²) in [6.07, 6.45) is -0.287. The first-order chi connectivity index (χ1) is 14.4. The molecule has 0 spiro atoms. The summed E-state index contributed by atoms with van der Waals surface area (Å²) < 4.78 is 6.04. The average molecular weight is 487 g/mol. The fourth-order valence-electron chi connectivity index (χ4n) is 3.27. The lowest BCUT2D eigenvalue weighted by Gasteiger charge is -2.21. The summed E-state index contributed by atoms with van der Waals surface area (Å²) in [6, 6.07) is 8.78. The maximum absolute atomic E-state index is 6.68. The van der Waals surface area contributed by atoms with Gasteiger partial charge in [0.2, 0.25) is 0 Å². The van der Waals surface area contributed by atoms with E-state index >= 15 is 0 Å². The molecule has 158 valence electrons. The summed E-state index contributed by atoms with van der Waals surface area (Å²) in [7, 11) is 0. The predicted octanol–water partition coefficient (Wildman–Crippen LogP) is 5.18. The lowest BCUT2D eigenvalue weighted by Crippen LogP contribution is -2.33. The van der Waals surface area contributed by atoms with Gasteiger partial charge in [-0.25, -0.2) is 0 Å². The number of anilines is 1. The minimum Gasteiger partial charge on any atom is -0.480 e. The predicted molar refractivity (Wildman–Crippen MR) is 125 cm³/mol. The zero-order valence-corrected chi connectivity index (χ0v) is 19.0. The van der Waals surface area contributed by atoms with Crippen LogP contribution in [0.25, 0.3) is 0 Å². The number of aliphatic imine (C=N–C) groups is 2. The molecule has 0 aliphatic carbocycles. The van der Waals surface area contributed by atoms with Gasteiger partial charge in [-0.15, -0.1) is 0 Å². The van der Waals surface area contributed by atoms with Gasteiger partial charge in [0.25, 0.3) is 0 Å². The fourth-order valence-corrected chi connectivity index (χ4v) is 4.36. The van der Waals surface area contributed by atoms with E-state index in [-0.39, 0.29) is 12.1 Å². The summed E-state index contributed by atoms with van der Waals surface area (Å²) in [4.78, 5) is 8.89. The van der Waals surface area contributed by atoms with Crippen LogP contribution in [0.5, 0.6) is 5.75 Å². The highest BCUT2D eigenvalue weighted by Crippen LogP contribution is 2.39. The first-order valence-corrected chi connectivity index (χ1v) is 10.9. The summed E-state index contributed by atoms with van der Waals surface area (Å²) >= 11 is 25.5. The molecule has 2 aliphatic rings. The second kappa shape index (κ2) is 9.10. The van der Waals surface area contributed by atoms with Crippen molar-refractivity contribution in [2.45, 2.75) is 19.1 Å². The summed E-state index contributed by atoms with van der Waals surface area (Å²) in [5.41, 5.74) is 1.42. The molecule has 2 aromatic carbocycles. The first kappa shape index (κ1) is 21.4. The number of hydrogen-bond donors (Lipinski definition) is 3. The number of nitrogens with one attached hydrogen (secondary N) is 3. The number of guanidine groups is 1. The third-order valence-electron chi connectivity index (χ3n) is 4.78. The maximum atomic E-state index is 6.68. The Hall–Kier alpha value is -1.86. The van der Waals surface area contributed by atoms with Crippen LogP contribution in [0.1, 0.15) is 18.5 Å². The highest BCUT2D eigenvalue weighted by atomic mass is 35.5. The quantitative estimate of drug-likeness (QED) is 0.544. The lowest BCUT2D eigenvalue weighted by atomic mass is 10.1. The zero-order valence-electron chi connectivity index (χ0n) is 16.0. The van der Waals surface area contributed by atoms with E-state index in [0.29, 0.717) is 44.0 Å². The molecule has 2 aromatic rings. The van der Waals surface area contributed by atoms with E-state index < -0.39 is 0 Å². The van der Waals surface area contributed by atoms with E-state index in [2.05, 4.69) is 25.9 Å². The number of amidine groups is 1. The largest absolute Gasteiger partial charge is 0.480 e. The Labute approximate surface area is 194 Å². The Balaban J connectivity index is 1.50. The van der Waals surface area contributed by atoms with Crippen LogP contribution in [0.3, 0.4) is 0 Å². The number of halogens is 4. The van der Waals surface area contributed by atoms with Crippen LogP contribution in [0.2, 0.25) is 20.1 Å². The molecule has 2 unspecified atom stereocenters. The molecule has 0 bridgehead atoms. The molecular formula is C20H19Cl4N5O. The summed E-state index contributed by atoms with van der Waals surface area (Å²) in [5, 5.41) is 11.5. The van der Waals surface area contributed by atoms with Gasteiger partial charge in [0.15, 0.2) is 17.8 Å². The lowest BCUT2D eigenvalue weighted by molar-refractivity contribution is 0.284. The van der Waals surface area contributed by atoms with E-state index in [9.17, 15) is 0 Å². The van der Waals surface area contributed by atoms with Gasteiger partial charge in [-0.05, 0) is 30.7 Å². The van der Waals surface area contributed by atoms with Gasteiger partial charge in [0.05, 0.1) is 44.9 Å². The Morgan fingerprint density at radius 1 is 1.07 bits per heavy atom. The number of ether oxygens (including phenoxy) is 1. The molecular weight excluding hydrogens is 468 g/mol. The number of benzene rings is 2. The number of nitrogens with zero attached hydrogens (tertiary/aromatic N) is 2. The molecule has 2 aliphatic heterocycles. The number of rotatable bonds is 5. The maximum Gasteiger partial charge on any atom is 0.196 e. The third kappa shape index (κ3) is 4.42. The monoisotopic (exact) mass is 485 g/mol. The topological polar surface area (TPSA) is 70.0 Å².